The molecule has 1 amide bonds. The minimum atomic E-state index is -3.67. The third-order valence-corrected chi connectivity index (χ3v) is 10.2. The number of nitrogens with zero attached hydrogens (tertiary/aromatic N) is 2. The Hall–Kier alpha value is -4.53. The lowest BCUT2D eigenvalue weighted by Gasteiger charge is -2.34. The number of rotatable bonds is 7. The molecule has 44 heavy (non-hydrogen) atoms. The van der Waals surface area contributed by atoms with Crippen molar-refractivity contribution in [1.29, 1.82) is 0 Å². The van der Waals surface area contributed by atoms with Crippen molar-refractivity contribution in [2.45, 2.75) is 32.2 Å². The fourth-order valence-electron chi connectivity index (χ4n) is 6.16. The highest BCUT2D eigenvalue weighted by atomic mass is 32.2. The molecule has 0 aliphatic carbocycles. The molecule has 0 aromatic heterocycles. The second-order valence-electron chi connectivity index (χ2n) is 11.5. The first-order valence-corrected chi connectivity index (χ1v) is 16.3. The van der Waals surface area contributed by atoms with Crippen molar-refractivity contribution in [2.75, 3.05) is 25.5 Å². The van der Waals surface area contributed by atoms with E-state index in [4.69, 9.17) is 4.99 Å². The van der Waals surface area contributed by atoms with Gasteiger partial charge in [0.25, 0.3) is 5.91 Å². The van der Waals surface area contributed by atoms with Crippen molar-refractivity contribution in [3.8, 4) is 22.3 Å². The summed E-state index contributed by atoms with van der Waals surface area (Å²) in [5.41, 5.74) is 8.09. The van der Waals surface area contributed by atoms with Gasteiger partial charge in [-0.3, -0.25) is 9.79 Å². The maximum absolute atomic E-state index is 13.3. The average molecular weight is 605 g/mol. The summed E-state index contributed by atoms with van der Waals surface area (Å²) in [6.07, 6.45) is 2.31. The van der Waals surface area contributed by atoms with Crippen LogP contribution in [0.2, 0.25) is 0 Å². The molecule has 0 atom stereocenters. The largest absolute Gasteiger partial charge is 0.388 e. The normalized spacial score (nSPS) is 16.7. The van der Waals surface area contributed by atoms with Crippen molar-refractivity contribution in [2.24, 2.45) is 4.99 Å². The molecule has 0 unspecified atom stereocenters. The van der Waals surface area contributed by atoms with Crippen molar-refractivity contribution < 1.29 is 13.2 Å². The molecule has 1 saturated heterocycles. The molecule has 0 radical (unpaired) electrons. The number of hydrogen-bond acceptors (Lipinski definition) is 5. The van der Waals surface area contributed by atoms with E-state index in [1.165, 1.54) is 9.71 Å². The summed E-state index contributed by atoms with van der Waals surface area (Å²) >= 11 is 0. The second-order valence-corrected chi connectivity index (χ2v) is 13.3. The van der Waals surface area contributed by atoms with Gasteiger partial charge in [0.05, 0.1) is 0 Å². The number of amides is 1. The summed E-state index contributed by atoms with van der Waals surface area (Å²) in [7, 11) is -1.81. The van der Waals surface area contributed by atoms with E-state index in [0.717, 1.165) is 50.2 Å². The first kappa shape index (κ1) is 29.5. The number of carbonyl (C=O) groups excluding carboxylic acids is 1. The fourth-order valence-corrected chi connectivity index (χ4v) is 7.33. The molecule has 2 aliphatic heterocycles. The van der Waals surface area contributed by atoms with Crippen LogP contribution in [0.25, 0.3) is 28.3 Å². The Morgan fingerprint density at radius 1 is 0.818 bits per heavy atom. The van der Waals surface area contributed by atoms with Gasteiger partial charge in [-0.15, -0.1) is 0 Å². The number of anilines is 1. The van der Waals surface area contributed by atoms with Crippen LogP contribution in [0, 0.1) is 13.8 Å². The maximum Gasteiger partial charge on any atom is 0.253 e. The van der Waals surface area contributed by atoms with E-state index in [1.807, 2.05) is 75.5 Å². The molecule has 2 aliphatic rings. The van der Waals surface area contributed by atoms with Crippen LogP contribution in [0.3, 0.4) is 0 Å². The van der Waals surface area contributed by atoms with E-state index in [0.29, 0.717) is 18.7 Å². The molecule has 0 bridgehead atoms. The molecule has 6 rings (SSSR count). The molecule has 2 N–H and O–H groups in total. The van der Waals surface area contributed by atoms with Crippen molar-refractivity contribution in [3.05, 3.63) is 119 Å². The minimum Gasteiger partial charge on any atom is -0.388 e. The summed E-state index contributed by atoms with van der Waals surface area (Å²) in [6, 6.07) is 30.6. The van der Waals surface area contributed by atoms with Gasteiger partial charge in [0.1, 0.15) is 11.4 Å². The van der Waals surface area contributed by atoms with Crippen LogP contribution in [0.1, 0.15) is 35.1 Å². The van der Waals surface area contributed by atoms with Crippen molar-refractivity contribution in [3.63, 3.8) is 0 Å². The molecule has 8 heteroatoms. The lowest BCUT2D eigenvalue weighted by atomic mass is 9.89. The number of aryl methyl sites for hydroxylation is 2. The zero-order valence-corrected chi connectivity index (χ0v) is 26.0. The Labute approximate surface area is 259 Å². The van der Waals surface area contributed by atoms with E-state index in [-0.39, 0.29) is 19.0 Å². The van der Waals surface area contributed by atoms with E-state index in [9.17, 15) is 13.2 Å². The summed E-state index contributed by atoms with van der Waals surface area (Å²) in [6.45, 7) is 4.38. The lowest BCUT2D eigenvalue weighted by Crippen LogP contribution is -2.50. The van der Waals surface area contributed by atoms with Gasteiger partial charge >= 0.3 is 0 Å². The molecule has 4 aromatic carbocycles. The average Bonchev–Trinajstić information content (AvgIpc) is 3.36. The van der Waals surface area contributed by atoms with Crippen LogP contribution < -0.4 is 10.6 Å². The standard InChI is InChI=1S/C36H36N4O3S/c1-25-22-30(37-3)23-26(2)31(25)16-21-44(42,43)40-19-17-36(18-20-40)35(41)38-34(39-36)29-13-9-12-28(24-29)33-15-8-7-14-32(33)27-10-5-4-6-11-27/h4-16,21-24,37H,17-20H2,1-3H3,(H,38,39,41)/b21-16+. The maximum atomic E-state index is 13.3. The zero-order valence-electron chi connectivity index (χ0n) is 25.2. The highest BCUT2D eigenvalue weighted by Crippen LogP contribution is 2.35. The predicted molar refractivity (Wildman–Crippen MR) is 179 cm³/mol. The molecule has 2 heterocycles. The van der Waals surface area contributed by atoms with Gasteiger partial charge in [-0.05, 0) is 89.9 Å². The summed E-state index contributed by atoms with van der Waals surface area (Å²) < 4.78 is 28.0. The Kier molecular flexibility index (Phi) is 7.97. The number of hydrogen-bond donors (Lipinski definition) is 2. The number of aliphatic imine (C=N–C) groups is 1. The van der Waals surface area contributed by atoms with Gasteiger partial charge in [0.15, 0.2) is 0 Å². The fraction of sp³-hybridized carbons (Fsp3) is 0.222. The van der Waals surface area contributed by atoms with Crippen molar-refractivity contribution in [1.82, 2.24) is 9.62 Å². The second kappa shape index (κ2) is 11.9. The van der Waals surface area contributed by atoms with Crippen molar-refractivity contribution >= 4 is 33.5 Å². The van der Waals surface area contributed by atoms with Crippen LogP contribution in [-0.4, -0.2) is 50.1 Å². The first-order valence-electron chi connectivity index (χ1n) is 14.8. The molecule has 0 saturated carbocycles. The number of carbonyl (C=O) groups is 1. The van der Waals surface area contributed by atoms with Crippen LogP contribution in [0.15, 0.2) is 101 Å². The molecular formula is C36H36N4O3S. The van der Waals surface area contributed by atoms with Gasteiger partial charge in [0.2, 0.25) is 10.0 Å². The summed E-state index contributed by atoms with van der Waals surface area (Å²) in [5.74, 6) is 0.354. The SMILES string of the molecule is CNc1cc(C)c(/C=C/S(=O)(=O)N2CCC3(CC2)N=C(c2cccc(-c4ccccc4-c4ccccc4)c2)NC3=O)c(C)c1. The van der Waals surface area contributed by atoms with Crippen LogP contribution in [0.5, 0.6) is 0 Å². The minimum absolute atomic E-state index is 0.175. The molecule has 4 aromatic rings. The van der Waals surface area contributed by atoms with Crippen LogP contribution in [-0.2, 0) is 14.8 Å². The molecule has 7 nitrogen and oxygen atoms in total. The van der Waals surface area contributed by atoms with E-state index < -0.39 is 15.6 Å². The lowest BCUT2D eigenvalue weighted by molar-refractivity contribution is -0.124. The molecule has 1 fully saturated rings. The number of amidine groups is 1. The van der Waals surface area contributed by atoms with Gasteiger partial charge in [0, 0.05) is 36.8 Å². The number of sulfonamides is 1. The Morgan fingerprint density at radius 2 is 1.41 bits per heavy atom. The highest BCUT2D eigenvalue weighted by molar-refractivity contribution is 7.92. The Morgan fingerprint density at radius 3 is 2.07 bits per heavy atom. The Balaban J connectivity index is 1.20. The highest BCUT2D eigenvalue weighted by Gasteiger charge is 2.47. The molecule has 1 spiro atoms. The van der Waals surface area contributed by atoms with E-state index >= 15 is 0 Å². The van der Waals surface area contributed by atoms with Gasteiger partial charge < -0.3 is 10.6 Å². The summed E-state index contributed by atoms with van der Waals surface area (Å²) in [4.78, 5) is 18.2. The number of nitrogens with one attached hydrogen (secondary N) is 2. The zero-order chi connectivity index (χ0) is 30.9. The molecular weight excluding hydrogens is 568 g/mol. The number of benzene rings is 4. The van der Waals surface area contributed by atoms with Crippen LogP contribution in [0.4, 0.5) is 5.69 Å². The van der Waals surface area contributed by atoms with E-state index in [2.05, 4.69) is 47.0 Å². The quantitative estimate of drug-likeness (QED) is 0.256. The summed E-state index contributed by atoms with van der Waals surface area (Å²) in [5, 5.41) is 7.41. The molecule has 224 valence electrons. The van der Waals surface area contributed by atoms with Gasteiger partial charge in [-0.2, -0.15) is 4.31 Å². The smallest absolute Gasteiger partial charge is 0.253 e. The first-order chi connectivity index (χ1) is 21.2. The third kappa shape index (κ3) is 5.70. The monoisotopic (exact) mass is 604 g/mol. The topological polar surface area (TPSA) is 90.9 Å². The Bertz CT molecular complexity index is 1870. The number of piperidine rings is 1. The third-order valence-electron chi connectivity index (χ3n) is 8.64. The van der Waals surface area contributed by atoms with Gasteiger partial charge in [-0.1, -0.05) is 72.8 Å². The van der Waals surface area contributed by atoms with E-state index in [1.54, 1.807) is 6.08 Å². The van der Waals surface area contributed by atoms with Gasteiger partial charge in [-0.25, -0.2) is 8.42 Å². The predicted octanol–water partition coefficient (Wildman–Crippen LogP) is 6.39. The van der Waals surface area contributed by atoms with Crippen LogP contribution >= 0.6 is 0 Å².